The van der Waals surface area contributed by atoms with Crippen LogP contribution in [-0.4, -0.2) is 30.6 Å². The lowest BCUT2D eigenvalue weighted by molar-refractivity contribution is 0.180. The number of hydrogen-bond acceptors (Lipinski definition) is 2. The van der Waals surface area contributed by atoms with Crippen molar-refractivity contribution in [2.75, 3.05) is 19.6 Å². The number of nitrogens with zero attached hydrogens (tertiary/aromatic N) is 1. The van der Waals surface area contributed by atoms with Crippen molar-refractivity contribution >= 4 is 23.2 Å². The van der Waals surface area contributed by atoms with Crippen LogP contribution in [0.2, 0.25) is 0 Å². The van der Waals surface area contributed by atoms with Crippen molar-refractivity contribution in [3.05, 3.63) is 10.6 Å². The van der Waals surface area contributed by atoms with Gasteiger partial charge in [-0.1, -0.05) is 30.1 Å². The minimum Gasteiger partial charge on any atom is -0.327 e. The van der Waals surface area contributed by atoms with Gasteiger partial charge in [0.25, 0.3) is 0 Å². The minimum atomic E-state index is 0.350. The summed E-state index contributed by atoms with van der Waals surface area (Å²) < 4.78 is 0.350. The number of rotatable bonds is 2. The van der Waals surface area contributed by atoms with E-state index in [1.807, 2.05) is 6.08 Å². The summed E-state index contributed by atoms with van der Waals surface area (Å²) in [6, 6.07) is 0.353. The molecular weight excluding hydrogens is 207 g/mol. The van der Waals surface area contributed by atoms with Crippen molar-refractivity contribution in [3.8, 4) is 0 Å². The predicted molar refractivity (Wildman–Crippen MR) is 58.0 cm³/mol. The number of piperidine rings is 1. The quantitative estimate of drug-likeness (QED) is 0.775. The zero-order chi connectivity index (χ0) is 9.84. The Morgan fingerprint density at radius 3 is 2.85 bits per heavy atom. The van der Waals surface area contributed by atoms with Crippen LogP contribution in [0.1, 0.15) is 13.3 Å². The van der Waals surface area contributed by atoms with Crippen LogP contribution in [0.4, 0.5) is 0 Å². The molecule has 0 radical (unpaired) electrons. The smallest absolute Gasteiger partial charge is 0.104 e. The molecule has 1 aliphatic heterocycles. The molecule has 0 aromatic rings. The largest absolute Gasteiger partial charge is 0.327 e. The fourth-order valence-electron chi connectivity index (χ4n) is 1.61. The van der Waals surface area contributed by atoms with Gasteiger partial charge in [-0.2, -0.15) is 0 Å². The molecule has 0 saturated carbocycles. The molecular formula is C9H16Cl2N2. The second kappa shape index (κ2) is 5.20. The molecule has 1 rings (SSSR count). The van der Waals surface area contributed by atoms with E-state index in [0.717, 1.165) is 26.1 Å². The highest BCUT2D eigenvalue weighted by atomic mass is 35.5. The first-order chi connectivity index (χ1) is 6.09. The second-order valence-corrected chi connectivity index (χ2v) is 4.69. The van der Waals surface area contributed by atoms with Gasteiger partial charge in [0.2, 0.25) is 0 Å². The molecule has 0 bridgehead atoms. The first-order valence-electron chi connectivity index (χ1n) is 4.58. The predicted octanol–water partition coefficient (Wildman–Crippen LogP) is 1.97. The van der Waals surface area contributed by atoms with Gasteiger partial charge in [-0.25, -0.2) is 0 Å². The molecule has 2 N–H and O–H groups in total. The molecule has 1 aliphatic rings. The third-order valence-corrected chi connectivity index (χ3v) is 2.87. The summed E-state index contributed by atoms with van der Waals surface area (Å²) in [5, 5.41) is 0. The molecule has 0 aromatic carbocycles. The lowest BCUT2D eigenvalue weighted by Gasteiger charge is -2.34. The SMILES string of the molecule is CC1CN(CC=C(Cl)Cl)CCC1N. The minimum absolute atomic E-state index is 0.350. The standard InChI is InChI=1S/C9H16Cl2N2/c1-7-6-13(4-2-8(7)12)5-3-9(10)11/h3,7-8H,2,4-6,12H2,1H3. The summed E-state index contributed by atoms with van der Waals surface area (Å²) in [6.07, 6.45) is 2.89. The van der Waals surface area contributed by atoms with Crippen molar-refractivity contribution < 1.29 is 0 Å². The van der Waals surface area contributed by atoms with E-state index in [1.54, 1.807) is 0 Å². The Bertz CT molecular complexity index is 190. The zero-order valence-corrected chi connectivity index (χ0v) is 9.35. The van der Waals surface area contributed by atoms with E-state index in [9.17, 15) is 0 Å². The molecule has 1 saturated heterocycles. The lowest BCUT2D eigenvalue weighted by atomic mass is 9.95. The van der Waals surface area contributed by atoms with Gasteiger partial charge in [0, 0.05) is 19.1 Å². The molecule has 1 fully saturated rings. The molecule has 1 heterocycles. The molecule has 0 amide bonds. The van der Waals surface area contributed by atoms with Gasteiger partial charge in [0.1, 0.15) is 4.49 Å². The van der Waals surface area contributed by atoms with Crippen molar-refractivity contribution in [2.45, 2.75) is 19.4 Å². The van der Waals surface area contributed by atoms with E-state index in [4.69, 9.17) is 28.9 Å². The fraction of sp³-hybridized carbons (Fsp3) is 0.778. The Morgan fingerprint density at radius 1 is 1.62 bits per heavy atom. The molecule has 76 valence electrons. The summed E-state index contributed by atoms with van der Waals surface area (Å²) in [7, 11) is 0. The molecule has 2 atom stereocenters. The maximum atomic E-state index is 5.90. The van der Waals surface area contributed by atoms with Gasteiger partial charge < -0.3 is 5.73 Å². The average molecular weight is 223 g/mol. The molecule has 0 aromatic heterocycles. The third-order valence-electron chi connectivity index (χ3n) is 2.56. The summed E-state index contributed by atoms with van der Waals surface area (Å²) in [4.78, 5) is 2.32. The van der Waals surface area contributed by atoms with Crippen LogP contribution in [0.25, 0.3) is 0 Å². The summed E-state index contributed by atoms with van der Waals surface area (Å²) in [6.45, 7) is 5.10. The summed E-state index contributed by atoms with van der Waals surface area (Å²) >= 11 is 11.1. The van der Waals surface area contributed by atoms with Gasteiger partial charge in [-0.15, -0.1) is 0 Å². The molecule has 0 spiro atoms. The highest BCUT2D eigenvalue weighted by Gasteiger charge is 2.21. The number of hydrogen-bond donors (Lipinski definition) is 1. The number of likely N-dealkylation sites (tertiary alicyclic amines) is 1. The molecule has 13 heavy (non-hydrogen) atoms. The van der Waals surface area contributed by atoms with Gasteiger partial charge in [0.15, 0.2) is 0 Å². The van der Waals surface area contributed by atoms with E-state index in [1.165, 1.54) is 0 Å². The maximum Gasteiger partial charge on any atom is 0.104 e. The zero-order valence-electron chi connectivity index (χ0n) is 7.84. The second-order valence-electron chi connectivity index (χ2n) is 3.68. The first-order valence-corrected chi connectivity index (χ1v) is 5.34. The van der Waals surface area contributed by atoms with Crippen LogP contribution in [0.15, 0.2) is 10.6 Å². The van der Waals surface area contributed by atoms with Crippen LogP contribution < -0.4 is 5.73 Å². The molecule has 2 nitrogen and oxygen atoms in total. The number of halogens is 2. The van der Waals surface area contributed by atoms with E-state index >= 15 is 0 Å². The Morgan fingerprint density at radius 2 is 2.31 bits per heavy atom. The average Bonchev–Trinajstić information content (AvgIpc) is 2.07. The summed E-state index contributed by atoms with van der Waals surface area (Å²) in [5.41, 5.74) is 5.90. The van der Waals surface area contributed by atoms with Gasteiger partial charge in [-0.3, -0.25) is 4.90 Å². The monoisotopic (exact) mass is 222 g/mol. The Labute approximate surface area is 89.7 Å². The van der Waals surface area contributed by atoms with Gasteiger partial charge in [-0.05, 0) is 25.0 Å². The highest BCUT2D eigenvalue weighted by molar-refractivity contribution is 6.55. The van der Waals surface area contributed by atoms with Crippen LogP contribution in [0, 0.1) is 5.92 Å². The number of nitrogens with two attached hydrogens (primary N) is 1. The van der Waals surface area contributed by atoms with Crippen LogP contribution in [0.5, 0.6) is 0 Å². The fourth-order valence-corrected chi connectivity index (χ4v) is 1.75. The van der Waals surface area contributed by atoms with Crippen molar-refractivity contribution in [3.63, 3.8) is 0 Å². The van der Waals surface area contributed by atoms with Crippen LogP contribution in [-0.2, 0) is 0 Å². The van der Waals surface area contributed by atoms with E-state index in [0.29, 0.717) is 16.5 Å². The maximum absolute atomic E-state index is 5.90. The molecule has 2 unspecified atom stereocenters. The third kappa shape index (κ3) is 3.86. The highest BCUT2D eigenvalue weighted by Crippen LogP contribution is 2.15. The van der Waals surface area contributed by atoms with Gasteiger partial charge in [0.05, 0.1) is 0 Å². The van der Waals surface area contributed by atoms with Crippen molar-refractivity contribution in [2.24, 2.45) is 11.7 Å². The van der Waals surface area contributed by atoms with Crippen molar-refractivity contribution in [1.82, 2.24) is 4.90 Å². The topological polar surface area (TPSA) is 29.3 Å². The Balaban J connectivity index is 2.33. The summed E-state index contributed by atoms with van der Waals surface area (Å²) in [5.74, 6) is 0.566. The first kappa shape index (κ1) is 11.3. The normalized spacial score (nSPS) is 30.2. The van der Waals surface area contributed by atoms with Crippen LogP contribution in [0.3, 0.4) is 0 Å². The van der Waals surface area contributed by atoms with Crippen molar-refractivity contribution in [1.29, 1.82) is 0 Å². The lowest BCUT2D eigenvalue weighted by Crippen LogP contribution is -2.45. The Hall–Kier alpha value is 0.240. The molecule has 0 aliphatic carbocycles. The van der Waals surface area contributed by atoms with E-state index in [2.05, 4.69) is 11.8 Å². The molecule has 4 heteroatoms. The van der Waals surface area contributed by atoms with E-state index in [-0.39, 0.29) is 0 Å². The Kier molecular flexibility index (Phi) is 4.53. The van der Waals surface area contributed by atoms with Crippen LogP contribution >= 0.6 is 23.2 Å². The van der Waals surface area contributed by atoms with Gasteiger partial charge >= 0.3 is 0 Å². The van der Waals surface area contributed by atoms with E-state index < -0.39 is 0 Å².